The molecule has 0 N–H and O–H groups in total. The Morgan fingerprint density at radius 2 is 1.67 bits per heavy atom. The standard InChI is InChI=1S/C25H30N.BrH/c1-4-12-24-22-17-20-15-10-11-16-21(20)25(19-13-8-7-9-14-19)23(22)18-26(24,5-2)6-3;/h4,7-11,13-17,23-25H,1,5-6,12,18H2,2-3H3;1H/q+1;/p-1. The van der Waals surface area contributed by atoms with Crippen molar-refractivity contribution in [3.05, 3.63) is 89.5 Å². The number of likely N-dealkylation sites (N-methyl/N-ethyl adjacent to an activating group) is 1. The van der Waals surface area contributed by atoms with Gasteiger partial charge in [-0.3, -0.25) is 0 Å². The minimum atomic E-state index is 0. The maximum atomic E-state index is 4.08. The van der Waals surface area contributed by atoms with Crippen LogP contribution in [0.2, 0.25) is 0 Å². The lowest BCUT2D eigenvalue weighted by molar-refractivity contribution is -0.934. The molecule has 142 valence electrons. The molecule has 2 aliphatic rings. The number of halogens is 1. The number of rotatable bonds is 5. The summed E-state index contributed by atoms with van der Waals surface area (Å²) < 4.78 is 1.19. The zero-order valence-corrected chi connectivity index (χ0v) is 18.0. The van der Waals surface area contributed by atoms with Gasteiger partial charge < -0.3 is 21.5 Å². The molecule has 2 aromatic rings. The molecule has 1 fully saturated rings. The first-order valence-corrected chi connectivity index (χ1v) is 10.1. The van der Waals surface area contributed by atoms with Crippen molar-refractivity contribution in [2.45, 2.75) is 32.2 Å². The normalized spacial score (nSPS) is 25.0. The van der Waals surface area contributed by atoms with Gasteiger partial charge in [0.2, 0.25) is 0 Å². The number of nitrogens with zero attached hydrogens (tertiary/aromatic N) is 1. The number of likely N-dealkylation sites (tertiary alicyclic amines) is 1. The fourth-order valence-corrected chi connectivity index (χ4v) is 5.52. The Morgan fingerprint density at radius 1 is 1.00 bits per heavy atom. The van der Waals surface area contributed by atoms with Gasteiger partial charge in [-0.25, -0.2) is 0 Å². The number of hydrogen-bond donors (Lipinski definition) is 0. The first-order chi connectivity index (χ1) is 12.7. The number of benzene rings is 2. The molecule has 0 bridgehead atoms. The summed E-state index contributed by atoms with van der Waals surface area (Å²) in [5.41, 5.74) is 6.02. The van der Waals surface area contributed by atoms with Crippen LogP contribution in [0.3, 0.4) is 0 Å². The van der Waals surface area contributed by atoms with Crippen molar-refractivity contribution in [2.75, 3.05) is 19.6 Å². The zero-order valence-electron chi connectivity index (χ0n) is 16.4. The van der Waals surface area contributed by atoms with E-state index in [-0.39, 0.29) is 17.0 Å². The van der Waals surface area contributed by atoms with E-state index in [9.17, 15) is 0 Å². The quantitative estimate of drug-likeness (QED) is 0.512. The molecule has 0 aromatic heterocycles. The van der Waals surface area contributed by atoms with Crippen LogP contribution >= 0.6 is 0 Å². The second kappa shape index (κ2) is 8.16. The van der Waals surface area contributed by atoms with Crippen molar-refractivity contribution in [1.82, 2.24) is 0 Å². The van der Waals surface area contributed by atoms with Crippen LogP contribution in [0.25, 0.3) is 6.08 Å². The van der Waals surface area contributed by atoms with Crippen molar-refractivity contribution in [3.8, 4) is 0 Å². The third kappa shape index (κ3) is 3.23. The molecule has 1 heterocycles. The maximum absolute atomic E-state index is 4.08. The predicted octanol–water partition coefficient (Wildman–Crippen LogP) is 2.65. The molecule has 1 aliphatic heterocycles. The van der Waals surface area contributed by atoms with Crippen LogP contribution in [-0.4, -0.2) is 30.2 Å². The number of quaternary nitrogens is 1. The molecule has 27 heavy (non-hydrogen) atoms. The van der Waals surface area contributed by atoms with Crippen molar-refractivity contribution >= 4 is 6.08 Å². The third-order valence-corrected chi connectivity index (χ3v) is 6.90. The minimum absolute atomic E-state index is 0. The van der Waals surface area contributed by atoms with Crippen LogP contribution in [0, 0.1) is 5.92 Å². The van der Waals surface area contributed by atoms with Crippen molar-refractivity contribution in [2.24, 2.45) is 5.92 Å². The molecule has 1 nitrogen and oxygen atoms in total. The number of hydrogen-bond acceptors (Lipinski definition) is 0. The van der Waals surface area contributed by atoms with Gasteiger partial charge in [0.05, 0.1) is 19.6 Å². The molecule has 1 aliphatic carbocycles. The van der Waals surface area contributed by atoms with Gasteiger partial charge in [0, 0.05) is 18.3 Å². The maximum Gasteiger partial charge on any atom is 0.115 e. The fraction of sp³-hybridized carbons (Fsp3) is 0.360. The molecular weight excluding hydrogens is 394 g/mol. The SMILES string of the molecule is C=CCC1C2=Cc3ccccc3C(c3ccccc3)C2C[N+]1(CC)CC.[Br-]. The lowest BCUT2D eigenvalue weighted by Gasteiger charge is -2.38. The van der Waals surface area contributed by atoms with E-state index in [1.807, 2.05) is 0 Å². The molecule has 3 unspecified atom stereocenters. The predicted molar refractivity (Wildman–Crippen MR) is 111 cm³/mol. The van der Waals surface area contributed by atoms with E-state index in [2.05, 4.69) is 87.2 Å². The average Bonchev–Trinajstić information content (AvgIpc) is 3.01. The summed E-state index contributed by atoms with van der Waals surface area (Å²) in [6, 6.07) is 20.7. The molecule has 2 aromatic carbocycles. The average molecular weight is 424 g/mol. The molecule has 0 saturated carbocycles. The lowest BCUT2D eigenvalue weighted by atomic mass is 9.71. The minimum Gasteiger partial charge on any atom is -1.00 e. The van der Waals surface area contributed by atoms with E-state index < -0.39 is 0 Å². The Hall–Kier alpha value is -1.64. The molecule has 3 atom stereocenters. The summed E-state index contributed by atoms with van der Waals surface area (Å²) >= 11 is 0. The summed E-state index contributed by atoms with van der Waals surface area (Å²) in [6.45, 7) is 12.4. The van der Waals surface area contributed by atoms with Crippen LogP contribution in [0.15, 0.2) is 72.8 Å². The topological polar surface area (TPSA) is 0 Å². The highest BCUT2D eigenvalue weighted by Gasteiger charge is 2.52. The Bertz CT molecular complexity index is 819. The van der Waals surface area contributed by atoms with Gasteiger partial charge in [0.1, 0.15) is 6.04 Å². The monoisotopic (exact) mass is 423 g/mol. The Labute approximate surface area is 174 Å². The molecule has 0 radical (unpaired) electrons. The molecule has 0 spiro atoms. The molecular formula is C25H30BrN. The van der Waals surface area contributed by atoms with Crippen LogP contribution in [0.1, 0.15) is 42.9 Å². The molecule has 4 rings (SSSR count). The van der Waals surface area contributed by atoms with Gasteiger partial charge in [-0.05, 0) is 42.2 Å². The molecule has 1 saturated heterocycles. The first kappa shape index (κ1) is 20.1. The van der Waals surface area contributed by atoms with Crippen molar-refractivity contribution in [3.63, 3.8) is 0 Å². The van der Waals surface area contributed by atoms with Crippen LogP contribution in [0.4, 0.5) is 0 Å². The summed E-state index contributed by atoms with van der Waals surface area (Å²) in [4.78, 5) is 0. The van der Waals surface area contributed by atoms with Gasteiger partial charge in [0.25, 0.3) is 0 Å². The van der Waals surface area contributed by atoms with Gasteiger partial charge in [-0.2, -0.15) is 0 Å². The van der Waals surface area contributed by atoms with Gasteiger partial charge in [-0.15, -0.1) is 6.58 Å². The van der Waals surface area contributed by atoms with Crippen molar-refractivity contribution < 1.29 is 21.5 Å². The van der Waals surface area contributed by atoms with Gasteiger partial charge >= 0.3 is 0 Å². The fourth-order valence-electron chi connectivity index (χ4n) is 5.52. The summed E-state index contributed by atoms with van der Waals surface area (Å²) in [5, 5.41) is 0. The second-order valence-corrected chi connectivity index (χ2v) is 7.84. The highest BCUT2D eigenvalue weighted by atomic mass is 79.9. The van der Waals surface area contributed by atoms with E-state index in [1.165, 1.54) is 40.8 Å². The van der Waals surface area contributed by atoms with E-state index in [0.29, 0.717) is 17.9 Å². The zero-order chi connectivity index (χ0) is 18.1. The summed E-state index contributed by atoms with van der Waals surface area (Å²) in [5.74, 6) is 1.06. The van der Waals surface area contributed by atoms with Gasteiger partial charge in [0.15, 0.2) is 0 Å². The van der Waals surface area contributed by atoms with Crippen molar-refractivity contribution in [1.29, 1.82) is 0 Å². The third-order valence-electron chi connectivity index (χ3n) is 6.90. The van der Waals surface area contributed by atoms with E-state index in [0.717, 1.165) is 6.42 Å². The van der Waals surface area contributed by atoms with E-state index in [4.69, 9.17) is 0 Å². The second-order valence-electron chi connectivity index (χ2n) is 7.84. The number of fused-ring (bicyclic) bond motifs is 2. The Morgan fingerprint density at radius 3 is 2.33 bits per heavy atom. The molecule has 2 heteroatoms. The highest BCUT2D eigenvalue weighted by molar-refractivity contribution is 5.65. The van der Waals surface area contributed by atoms with Crippen LogP contribution < -0.4 is 17.0 Å². The van der Waals surface area contributed by atoms with Crippen LogP contribution in [-0.2, 0) is 0 Å². The highest BCUT2D eigenvalue weighted by Crippen LogP contribution is 2.51. The largest absolute Gasteiger partial charge is 1.00 e. The van der Waals surface area contributed by atoms with E-state index >= 15 is 0 Å². The lowest BCUT2D eigenvalue weighted by Crippen LogP contribution is -3.00. The van der Waals surface area contributed by atoms with Gasteiger partial charge in [-0.1, -0.05) is 60.7 Å². The Kier molecular flexibility index (Phi) is 6.08. The summed E-state index contributed by atoms with van der Waals surface area (Å²) in [6.07, 6.45) is 5.72. The smallest absolute Gasteiger partial charge is 0.115 e. The first-order valence-electron chi connectivity index (χ1n) is 10.1. The Balaban J connectivity index is 0.00000210. The molecule has 0 amide bonds. The van der Waals surface area contributed by atoms with E-state index in [1.54, 1.807) is 5.57 Å². The van der Waals surface area contributed by atoms with Crippen LogP contribution in [0.5, 0.6) is 0 Å². The summed E-state index contributed by atoms with van der Waals surface area (Å²) in [7, 11) is 0.